The molecule has 0 N–H and O–H groups in total. The van der Waals surface area contributed by atoms with E-state index in [2.05, 4.69) is 114 Å². The van der Waals surface area contributed by atoms with Crippen LogP contribution in [0.1, 0.15) is 0 Å². The van der Waals surface area contributed by atoms with Gasteiger partial charge in [0.1, 0.15) is 22.6 Å². The monoisotopic (exact) mass is 551 g/mol. The van der Waals surface area contributed by atoms with Gasteiger partial charge in [0.05, 0.1) is 0 Å². The lowest BCUT2D eigenvalue weighted by atomic mass is 9.87. The predicted octanol–water partition coefficient (Wildman–Crippen LogP) is 10.1. The quantitative estimate of drug-likeness (QED) is 0.214. The molecule has 0 amide bonds. The summed E-state index contributed by atoms with van der Waals surface area (Å²) in [6, 6.07) is 52.0. The molecule has 0 unspecified atom stereocenters. The van der Waals surface area contributed by atoms with Gasteiger partial charge in [0, 0.05) is 27.5 Å². The molecule has 4 heteroatoms. The van der Waals surface area contributed by atoms with Crippen molar-refractivity contribution in [3.05, 3.63) is 152 Å². The fourth-order valence-corrected chi connectivity index (χ4v) is 6.06. The lowest BCUT2D eigenvalue weighted by Gasteiger charge is -2.18. The van der Waals surface area contributed by atoms with Crippen molar-refractivity contribution >= 4 is 21.9 Å². The number of aromatic nitrogens is 3. The van der Waals surface area contributed by atoms with E-state index in [-0.39, 0.29) is 0 Å². The van der Waals surface area contributed by atoms with Crippen LogP contribution >= 0.6 is 0 Å². The number of nitrogens with zero attached hydrogens (tertiary/aromatic N) is 3. The highest BCUT2D eigenvalue weighted by Gasteiger charge is 2.24. The Morgan fingerprint density at radius 3 is 1.56 bits per heavy atom. The van der Waals surface area contributed by atoms with E-state index >= 15 is 0 Å². The Balaban J connectivity index is 1.50. The van der Waals surface area contributed by atoms with Crippen molar-refractivity contribution < 1.29 is 4.42 Å². The summed E-state index contributed by atoms with van der Waals surface area (Å²) in [6.07, 6.45) is 0. The van der Waals surface area contributed by atoms with Crippen molar-refractivity contribution in [2.45, 2.75) is 0 Å². The van der Waals surface area contributed by atoms with Gasteiger partial charge in [-0.3, -0.25) is 0 Å². The van der Waals surface area contributed by atoms with Gasteiger partial charge in [-0.05, 0) is 45.2 Å². The van der Waals surface area contributed by atoms with Crippen molar-refractivity contribution in [2.75, 3.05) is 0 Å². The molecule has 8 aromatic rings. The van der Waals surface area contributed by atoms with Crippen LogP contribution < -0.4 is 0 Å². The van der Waals surface area contributed by atoms with Gasteiger partial charge in [-0.1, -0.05) is 140 Å². The zero-order chi connectivity index (χ0) is 28.6. The van der Waals surface area contributed by atoms with Crippen molar-refractivity contribution in [3.8, 4) is 55.9 Å². The van der Waals surface area contributed by atoms with Gasteiger partial charge in [0.15, 0.2) is 0 Å². The number of rotatable bonds is 5. The molecule has 2 aromatic heterocycles. The molecule has 0 saturated heterocycles. The van der Waals surface area contributed by atoms with Gasteiger partial charge in [0.25, 0.3) is 0 Å². The SMILES string of the molecule is c1ccc(-c2ccccc2-c2nnnc(-c3cccc4oc5ccccc5c34)c2-c2ccccc2-c2ccccc2)cc1. The molecule has 43 heavy (non-hydrogen) atoms. The van der Waals surface area contributed by atoms with Crippen LogP contribution in [0.25, 0.3) is 77.8 Å². The summed E-state index contributed by atoms with van der Waals surface area (Å²) in [5.74, 6) is 0. The summed E-state index contributed by atoms with van der Waals surface area (Å²) < 4.78 is 6.28. The second-order valence-corrected chi connectivity index (χ2v) is 10.5. The molecule has 8 rings (SSSR count). The van der Waals surface area contributed by atoms with Crippen molar-refractivity contribution in [2.24, 2.45) is 0 Å². The Morgan fingerprint density at radius 1 is 0.372 bits per heavy atom. The van der Waals surface area contributed by atoms with Gasteiger partial charge in [-0.25, -0.2) is 0 Å². The minimum absolute atomic E-state index is 0.758. The smallest absolute Gasteiger partial charge is 0.136 e. The van der Waals surface area contributed by atoms with E-state index in [0.29, 0.717) is 0 Å². The van der Waals surface area contributed by atoms with E-state index in [9.17, 15) is 0 Å². The topological polar surface area (TPSA) is 51.8 Å². The van der Waals surface area contributed by atoms with Gasteiger partial charge >= 0.3 is 0 Å². The number of benzene rings is 6. The molecule has 0 aliphatic heterocycles. The first kappa shape index (κ1) is 24.9. The maximum atomic E-state index is 6.28. The fourth-order valence-electron chi connectivity index (χ4n) is 6.06. The Kier molecular flexibility index (Phi) is 6.08. The lowest BCUT2D eigenvalue weighted by Crippen LogP contribution is -2.02. The van der Waals surface area contributed by atoms with E-state index in [1.54, 1.807) is 0 Å². The number of fused-ring (bicyclic) bond motifs is 3. The summed E-state index contributed by atoms with van der Waals surface area (Å²) in [4.78, 5) is 0. The Labute approximate surface area is 248 Å². The molecule has 202 valence electrons. The van der Waals surface area contributed by atoms with Gasteiger partial charge in [-0.15, -0.1) is 10.2 Å². The van der Waals surface area contributed by atoms with E-state index in [0.717, 1.165) is 77.8 Å². The molecule has 0 saturated carbocycles. The van der Waals surface area contributed by atoms with E-state index in [4.69, 9.17) is 14.6 Å². The van der Waals surface area contributed by atoms with E-state index in [1.165, 1.54) is 0 Å². The van der Waals surface area contributed by atoms with Crippen LogP contribution in [0, 0.1) is 0 Å². The largest absolute Gasteiger partial charge is 0.456 e. The third-order valence-corrected chi connectivity index (χ3v) is 7.97. The fraction of sp³-hybridized carbons (Fsp3) is 0. The highest BCUT2D eigenvalue weighted by Crippen LogP contribution is 2.46. The molecule has 0 fully saturated rings. The van der Waals surface area contributed by atoms with Crippen LogP contribution in [-0.4, -0.2) is 15.4 Å². The molecule has 0 aliphatic carbocycles. The van der Waals surface area contributed by atoms with Gasteiger partial charge in [0.2, 0.25) is 0 Å². The zero-order valence-electron chi connectivity index (χ0n) is 23.2. The van der Waals surface area contributed by atoms with Crippen molar-refractivity contribution in [1.29, 1.82) is 0 Å². The molecule has 0 atom stereocenters. The summed E-state index contributed by atoms with van der Waals surface area (Å²) >= 11 is 0. The van der Waals surface area contributed by atoms with Crippen molar-refractivity contribution in [1.82, 2.24) is 15.4 Å². The predicted molar refractivity (Wildman–Crippen MR) is 174 cm³/mol. The Bertz CT molecular complexity index is 2240. The van der Waals surface area contributed by atoms with Crippen molar-refractivity contribution in [3.63, 3.8) is 0 Å². The summed E-state index contributed by atoms with van der Waals surface area (Å²) in [5.41, 5.74) is 11.5. The molecule has 0 aliphatic rings. The standard InChI is InChI=1S/C39H25N3O/c1-3-14-26(15-4-1)28-18-7-9-20-30(28)37-38(31-21-10-8-19-29(31)27-16-5-2-6-17-27)40-42-41-39(37)33-23-13-25-35-36(33)32-22-11-12-24-34(32)43-35/h1-25H. The first-order chi connectivity index (χ1) is 21.4. The maximum absolute atomic E-state index is 6.28. The third kappa shape index (κ3) is 4.28. The maximum Gasteiger partial charge on any atom is 0.136 e. The normalized spacial score (nSPS) is 11.3. The highest BCUT2D eigenvalue weighted by atomic mass is 16.3. The molecular formula is C39H25N3O. The Hall–Kier alpha value is -5.87. The van der Waals surface area contributed by atoms with Crippen LogP contribution in [0.15, 0.2) is 156 Å². The van der Waals surface area contributed by atoms with Crippen LogP contribution in [0.4, 0.5) is 0 Å². The first-order valence-corrected chi connectivity index (χ1v) is 14.3. The average molecular weight is 552 g/mol. The summed E-state index contributed by atoms with van der Waals surface area (Å²) in [7, 11) is 0. The second kappa shape index (κ2) is 10.5. The molecule has 6 aromatic carbocycles. The van der Waals surface area contributed by atoms with E-state index < -0.39 is 0 Å². The molecule has 0 spiro atoms. The van der Waals surface area contributed by atoms with Crippen LogP contribution in [0.5, 0.6) is 0 Å². The number of hydrogen-bond donors (Lipinski definition) is 0. The lowest BCUT2D eigenvalue weighted by molar-refractivity contribution is 0.669. The molecule has 0 bridgehead atoms. The minimum Gasteiger partial charge on any atom is -0.456 e. The van der Waals surface area contributed by atoms with Crippen LogP contribution in [0.2, 0.25) is 0 Å². The number of para-hydroxylation sites is 1. The van der Waals surface area contributed by atoms with Gasteiger partial charge in [-0.2, -0.15) is 0 Å². The molecular weight excluding hydrogens is 526 g/mol. The minimum atomic E-state index is 0.758. The summed E-state index contributed by atoms with van der Waals surface area (Å²) in [6.45, 7) is 0. The molecule has 0 radical (unpaired) electrons. The third-order valence-electron chi connectivity index (χ3n) is 7.97. The average Bonchev–Trinajstić information content (AvgIpc) is 3.48. The number of furan rings is 1. The second-order valence-electron chi connectivity index (χ2n) is 10.5. The van der Waals surface area contributed by atoms with Gasteiger partial charge < -0.3 is 4.42 Å². The first-order valence-electron chi connectivity index (χ1n) is 14.3. The van der Waals surface area contributed by atoms with E-state index in [1.807, 2.05) is 42.5 Å². The highest BCUT2D eigenvalue weighted by molar-refractivity contribution is 6.14. The number of hydrogen-bond acceptors (Lipinski definition) is 4. The van der Waals surface area contributed by atoms with Crippen LogP contribution in [-0.2, 0) is 0 Å². The molecule has 4 nitrogen and oxygen atoms in total. The summed E-state index contributed by atoms with van der Waals surface area (Å²) in [5, 5.41) is 16.0. The zero-order valence-corrected chi connectivity index (χ0v) is 23.2. The Morgan fingerprint density at radius 2 is 0.860 bits per heavy atom. The molecule has 2 heterocycles. The van der Waals surface area contributed by atoms with Crippen LogP contribution in [0.3, 0.4) is 0 Å².